The maximum Gasteiger partial charge on any atom is 0.254 e. The molecule has 0 aliphatic carbocycles. The zero-order chi connectivity index (χ0) is 20.6. The van der Waals surface area contributed by atoms with E-state index in [9.17, 15) is 9.90 Å². The van der Waals surface area contributed by atoms with Gasteiger partial charge in [-0.3, -0.25) is 4.79 Å². The lowest BCUT2D eigenvalue weighted by Gasteiger charge is -2.29. The van der Waals surface area contributed by atoms with Crippen LogP contribution in [0.25, 0.3) is 0 Å². The third-order valence-electron chi connectivity index (χ3n) is 5.34. The Hall–Kier alpha value is -2.03. The normalized spacial score (nSPS) is 18.9. The summed E-state index contributed by atoms with van der Waals surface area (Å²) in [6.45, 7) is 4.93. The van der Waals surface area contributed by atoms with E-state index in [1.165, 1.54) is 33.5 Å². The number of ether oxygens (including phenoxy) is 4. The number of amides is 1. The minimum Gasteiger partial charge on any atom is -0.493 e. The number of rotatable bonds is 8. The summed E-state index contributed by atoms with van der Waals surface area (Å²) in [7, 11) is 3.05. The first kappa shape index (κ1) is 21.7. The summed E-state index contributed by atoms with van der Waals surface area (Å²) < 4.78 is 22.1. The minimum absolute atomic E-state index is 0.0958. The number of benzene rings is 1. The quantitative estimate of drug-likeness (QED) is 0.696. The summed E-state index contributed by atoms with van der Waals surface area (Å²) >= 11 is 0. The van der Waals surface area contributed by atoms with Crippen molar-refractivity contribution in [1.82, 2.24) is 9.80 Å². The van der Waals surface area contributed by atoms with Crippen LogP contribution in [0, 0.1) is 0 Å². The third kappa shape index (κ3) is 5.74. The topological polar surface area (TPSA) is 80.7 Å². The van der Waals surface area contributed by atoms with Crippen molar-refractivity contribution in [1.29, 1.82) is 0 Å². The lowest BCUT2D eigenvalue weighted by molar-refractivity contribution is 0.0302. The predicted octanol–water partition coefficient (Wildman–Crippen LogP) is 1.40. The van der Waals surface area contributed by atoms with Gasteiger partial charge < -0.3 is 33.9 Å². The van der Waals surface area contributed by atoms with Gasteiger partial charge in [0.05, 0.1) is 27.4 Å². The molecule has 1 aromatic rings. The largest absolute Gasteiger partial charge is 0.493 e. The highest BCUT2D eigenvalue weighted by Gasteiger charge is 2.24. The van der Waals surface area contributed by atoms with Crippen molar-refractivity contribution in [2.75, 3.05) is 66.8 Å². The molecule has 0 saturated carbocycles. The van der Waals surface area contributed by atoms with Crippen LogP contribution in [0.1, 0.15) is 29.6 Å². The van der Waals surface area contributed by atoms with Crippen LogP contribution in [0.5, 0.6) is 17.2 Å². The highest BCUT2D eigenvalue weighted by atomic mass is 16.5. The first-order chi connectivity index (χ1) is 14.1. The summed E-state index contributed by atoms with van der Waals surface area (Å²) in [5.74, 6) is 1.12. The van der Waals surface area contributed by atoms with E-state index in [4.69, 9.17) is 18.9 Å². The second kappa shape index (κ2) is 10.7. The van der Waals surface area contributed by atoms with Crippen LogP contribution in [-0.4, -0.2) is 93.7 Å². The lowest BCUT2D eigenvalue weighted by Crippen LogP contribution is -2.40. The smallest absolute Gasteiger partial charge is 0.254 e. The van der Waals surface area contributed by atoms with E-state index in [2.05, 4.69) is 4.90 Å². The molecule has 1 N–H and O–H groups in total. The number of aliphatic hydroxyl groups excluding tert-OH is 1. The Morgan fingerprint density at radius 1 is 1.07 bits per heavy atom. The number of aliphatic hydroxyl groups is 1. The Kier molecular flexibility index (Phi) is 7.97. The summed E-state index contributed by atoms with van der Waals surface area (Å²) in [6, 6.07) is 3.32. The second-order valence-electron chi connectivity index (χ2n) is 7.44. The zero-order valence-electron chi connectivity index (χ0n) is 17.4. The molecule has 0 bridgehead atoms. The van der Waals surface area contributed by atoms with E-state index < -0.39 is 6.10 Å². The van der Waals surface area contributed by atoms with E-state index in [1.807, 2.05) is 0 Å². The highest BCUT2D eigenvalue weighted by Crippen LogP contribution is 2.39. The summed E-state index contributed by atoms with van der Waals surface area (Å²) in [6.07, 6.45) is 2.99. The first-order valence-corrected chi connectivity index (χ1v) is 10.3. The molecule has 2 saturated heterocycles. The van der Waals surface area contributed by atoms with Gasteiger partial charge in [-0.1, -0.05) is 6.42 Å². The maximum atomic E-state index is 12.8. The molecule has 29 heavy (non-hydrogen) atoms. The van der Waals surface area contributed by atoms with E-state index >= 15 is 0 Å². The Morgan fingerprint density at radius 3 is 2.28 bits per heavy atom. The van der Waals surface area contributed by atoms with Gasteiger partial charge in [-0.25, -0.2) is 0 Å². The van der Waals surface area contributed by atoms with Gasteiger partial charge in [-0.05, 0) is 38.1 Å². The number of methoxy groups -OCH3 is 2. The van der Waals surface area contributed by atoms with Gasteiger partial charge in [0.15, 0.2) is 11.5 Å². The molecule has 2 aliphatic heterocycles. The molecule has 0 aromatic heterocycles. The maximum absolute atomic E-state index is 12.8. The SMILES string of the molecule is COc1cc(C(=O)N2CCOCC2)cc(OC)c1OCC(O)CN1CCCCC1. The van der Waals surface area contributed by atoms with Gasteiger partial charge in [0.1, 0.15) is 12.7 Å². The average molecular weight is 408 g/mol. The fourth-order valence-corrected chi connectivity index (χ4v) is 3.77. The molecule has 8 nitrogen and oxygen atoms in total. The number of carbonyl (C=O) groups excluding carboxylic acids is 1. The number of nitrogens with zero attached hydrogens (tertiary/aromatic N) is 2. The van der Waals surface area contributed by atoms with Crippen LogP contribution in [0.15, 0.2) is 12.1 Å². The van der Waals surface area contributed by atoms with Gasteiger partial charge >= 0.3 is 0 Å². The van der Waals surface area contributed by atoms with Gasteiger partial charge in [0, 0.05) is 25.2 Å². The van der Waals surface area contributed by atoms with E-state index in [0.29, 0.717) is 55.7 Å². The average Bonchev–Trinajstić information content (AvgIpc) is 2.77. The van der Waals surface area contributed by atoms with E-state index in [-0.39, 0.29) is 12.5 Å². The molecule has 2 aliphatic rings. The molecule has 0 radical (unpaired) electrons. The summed E-state index contributed by atoms with van der Waals surface area (Å²) in [5.41, 5.74) is 0.474. The van der Waals surface area contributed by atoms with Crippen molar-refractivity contribution in [3.63, 3.8) is 0 Å². The molecule has 2 fully saturated rings. The zero-order valence-corrected chi connectivity index (χ0v) is 17.4. The van der Waals surface area contributed by atoms with Crippen LogP contribution in [0.2, 0.25) is 0 Å². The van der Waals surface area contributed by atoms with Crippen LogP contribution in [-0.2, 0) is 4.74 Å². The minimum atomic E-state index is -0.614. The molecule has 162 valence electrons. The van der Waals surface area contributed by atoms with E-state index in [0.717, 1.165) is 13.1 Å². The lowest BCUT2D eigenvalue weighted by atomic mass is 10.1. The van der Waals surface area contributed by atoms with Crippen molar-refractivity contribution in [3.05, 3.63) is 17.7 Å². The summed E-state index contributed by atoms with van der Waals surface area (Å²) in [5, 5.41) is 10.4. The Bertz CT molecular complexity index is 646. The van der Waals surface area contributed by atoms with Crippen molar-refractivity contribution in [2.45, 2.75) is 25.4 Å². The number of carbonyl (C=O) groups is 1. The number of hydrogen-bond acceptors (Lipinski definition) is 7. The second-order valence-corrected chi connectivity index (χ2v) is 7.44. The molecular formula is C21H32N2O6. The Labute approximate surface area is 172 Å². The van der Waals surface area contributed by atoms with Crippen LogP contribution < -0.4 is 14.2 Å². The van der Waals surface area contributed by atoms with Crippen LogP contribution in [0.4, 0.5) is 0 Å². The van der Waals surface area contributed by atoms with Crippen LogP contribution >= 0.6 is 0 Å². The number of likely N-dealkylation sites (tertiary alicyclic amines) is 1. The predicted molar refractivity (Wildman–Crippen MR) is 108 cm³/mol. The molecule has 8 heteroatoms. The molecule has 3 rings (SSSR count). The molecule has 0 spiro atoms. The van der Waals surface area contributed by atoms with Gasteiger partial charge in [-0.15, -0.1) is 0 Å². The molecule has 1 unspecified atom stereocenters. The fourth-order valence-electron chi connectivity index (χ4n) is 3.77. The van der Waals surface area contributed by atoms with Crippen molar-refractivity contribution < 1.29 is 28.8 Å². The Morgan fingerprint density at radius 2 is 1.69 bits per heavy atom. The third-order valence-corrected chi connectivity index (χ3v) is 5.34. The molecule has 2 heterocycles. The molecule has 1 atom stereocenters. The molecule has 1 amide bonds. The van der Waals surface area contributed by atoms with Crippen molar-refractivity contribution >= 4 is 5.91 Å². The monoisotopic (exact) mass is 408 g/mol. The molecular weight excluding hydrogens is 376 g/mol. The standard InChI is InChI=1S/C21H32N2O6/c1-26-18-12-16(21(25)23-8-10-28-11-9-23)13-19(27-2)20(18)29-15-17(24)14-22-6-4-3-5-7-22/h12-13,17,24H,3-11,14-15H2,1-2H3. The van der Waals surface area contributed by atoms with Gasteiger partial charge in [-0.2, -0.15) is 0 Å². The number of β-amino-alcohol motifs (C(OH)–C–C–N with tert-alkyl or cyclic N) is 1. The van der Waals surface area contributed by atoms with Crippen LogP contribution in [0.3, 0.4) is 0 Å². The first-order valence-electron chi connectivity index (χ1n) is 10.3. The number of hydrogen-bond donors (Lipinski definition) is 1. The van der Waals surface area contributed by atoms with E-state index in [1.54, 1.807) is 17.0 Å². The van der Waals surface area contributed by atoms with Gasteiger partial charge in [0.2, 0.25) is 5.75 Å². The Balaban J connectivity index is 1.68. The number of piperidine rings is 1. The van der Waals surface area contributed by atoms with Crippen molar-refractivity contribution in [3.8, 4) is 17.2 Å². The number of morpholine rings is 1. The summed E-state index contributed by atoms with van der Waals surface area (Å²) in [4.78, 5) is 16.8. The highest BCUT2D eigenvalue weighted by molar-refractivity contribution is 5.95. The van der Waals surface area contributed by atoms with Gasteiger partial charge in [0.25, 0.3) is 5.91 Å². The van der Waals surface area contributed by atoms with Crippen molar-refractivity contribution in [2.24, 2.45) is 0 Å². The molecule has 1 aromatic carbocycles. The fraction of sp³-hybridized carbons (Fsp3) is 0.667.